The number of benzene rings is 1. The third-order valence-electron chi connectivity index (χ3n) is 4.40. The summed E-state index contributed by atoms with van der Waals surface area (Å²) in [4.78, 5) is 11.2. The Labute approximate surface area is 142 Å². The molecule has 1 fully saturated rings. The zero-order valence-corrected chi connectivity index (χ0v) is 15.4. The molecule has 134 valence electrons. The molecule has 1 aliphatic heterocycles. The molecule has 1 N–H and O–H groups in total. The molecule has 24 heavy (non-hydrogen) atoms. The van der Waals surface area contributed by atoms with Crippen LogP contribution in [0.25, 0.3) is 0 Å². The van der Waals surface area contributed by atoms with Crippen molar-refractivity contribution in [2.45, 2.75) is 42.5 Å². The lowest BCUT2D eigenvalue weighted by Gasteiger charge is -2.26. The molecule has 0 aromatic heterocycles. The van der Waals surface area contributed by atoms with Gasteiger partial charge >= 0.3 is 5.97 Å². The van der Waals surface area contributed by atoms with Crippen LogP contribution in [0.1, 0.15) is 25.3 Å². The summed E-state index contributed by atoms with van der Waals surface area (Å²) in [6.45, 7) is 3.44. The van der Waals surface area contributed by atoms with E-state index >= 15 is 0 Å². The van der Waals surface area contributed by atoms with Crippen LogP contribution >= 0.6 is 0 Å². The van der Waals surface area contributed by atoms with Gasteiger partial charge in [0.25, 0.3) is 0 Å². The molecule has 0 bridgehead atoms. The molecule has 2 rings (SSSR count). The third-order valence-corrected chi connectivity index (χ3v) is 7.58. The van der Waals surface area contributed by atoms with E-state index in [2.05, 4.69) is 0 Å². The van der Waals surface area contributed by atoms with Crippen LogP contribution in [0.2, 0.25) is 0 Å². The first-order valence-electron chi connectivity index (χ1n) is 7.55. The van der Waals surface area contributed by atoms with Crippen molar-refractivity contribution in [3.05, 3.63) is 23.8 Å². The number of carboxylic acid groups (broad SMARTS) is 1. The average molecular weight is 375 g/mol. The largest absolute Gasteiger partial charge is 0.481 e. The third kappa shape index (κ3) is 3.33. The topological polar surface area (TPSA) is 109 Å². The van der Waals surface area contributed by atoms with Crippen molar-refractivity contribution in [3.8, 4) is 0 Å². The predicted molar refractivity (Wildman–Crippen MR) is 88.0 cm³/mol. The predicted octanol–water partition coefficient (Wildman–Crippen LogP) is 1.27. The number of sulfonamides is 1. The molecule has 0 saturated carbocycles. The molecule has 1 saturated heterocycles. The maximum absolute atomic E-state index is 13.0. The molecule has 1 heterocycles. The second kappa shape index (κ2) is 6.45. The number of nitrogens with zero attached hydrogens (tertiary/aromatic N) is 1. The molecule has 1 aromatic carbocycles. The summed E-state index contributed by atoms with van der Waals surface area (Å²) >= 11 is 0. The SMILES string of the molecule is CCC1C(C(=O)O)CCN1S(=O)(=O)c1cc(S(C)(=O)=O)ccc1C. The molecule has 9 heteroatoms. The van der Waals surface area contributed by atoms with E-state index in [1.54, 1.807) is 13.8 Å². The summed E-state index contributed by atoms with van der Waals surface area (Å²) in [6, 6.07) is 3.34. The van der Waals surface area contributed by atoms with Crippen LogP contribution in [0.4, 0.5) is 0 Å². The number of rotatable bonds is 5. The molecule has 1 aliphatic rings. The molecule has 2 unspecified atom stereocenters. The van der Waals surface area contributed by atoms with Gasteiger partial charge in [-0.25, -0.2) is 16.8 Å². The maximum atomic E-state index is 13.0. The Morgan fingerprint density at radius 2 is 1.92 bits per heavy atom. The van der Waals surface area contributed by atoms with Crippen molar-refractivity contribution in [2.24, 2.45) is 5.92 Å². The lowest BCUT2D eigenvalue weighted by Crippen LogP contribution is -2.39. The van der Waals surface area contributed by atoms with E-state index in [1.165, 1.54) is 16.4 Å². The van der Waals surface area contributed by atoms with Crippen LogP contribution in [0.3, 0.4) is 0 Å². The number of hydrogen-bond acceptors (Lipinski definition) is 5. The summed E-state index contributed by atoms with van der Waals surface area (Å²) in [5, 5.41) is 9.27. The zero-order chi connectivity index (χ0) is 18.3. The minimum atomic E-state index is -3.97. The number of aryl methyl sites for hydroxylation is 1. The summed E-state index contributed by atoms with van der Waals surface area (Å²) in [7, 11) is -7.52. The van der Waals surface area contributed by atoms with Gasteiger partial charge in [-0.2, -0.15) is 4.31 Å². The molecule has 1 aromatic rings. The molecule has 0 radical (unpaired) electrons. The number of aliphatic carboxylic acids is 1. The van der Waals surface area contributed by atoms with E-state index in [1.807, 2.05) is 0 Å². The summed E-state index contributed by atoms with van der Waals surface area (Å²) in [6.07, 6.45) is 1.64. The number of carboxylic acids is 1. The molecule has 0 amide bonds. The van der Waals surface area contributed by atoms with Crippen molar-refractivity contribution < 1.29 is 26.7 Å². The highest BCUT2D eigenvalue weighted by atomic mass is 32.2. The number of carbonyl (C=O) groups is 1. The van der Waals surface area contributed by atoms with E-state index in [9.17, 15) is 26.7 Å². The highest BCUT2D eigenvalue weighted by Crippen LogP contribution is 2.34. The second-order valence-corrected chi connectivity index (χ2v) is 9.90. The van der Waals surface area contributed by atoms with Crippen molar-refractivity contribution in [1.82, 2.24) is 4.31 Å². The first kappa shape index (κ1) is 18.9. The fourth-order valence-corrected chi connectivity index (χ4v) is 5.84. The van der Waals surface area contributed by atoms with Gasteiger partial charge in [-0.1, -0.05) is 13.0 Å². The minimum Gasteiger partial charge on any atom is -0.481 e. The molecular weight excluding hydrogens is 354 g/mol. The fraction of sp³-hybridized carbons (Fsp3) is 0.533. The molecule has 0 aliphatic carbocycles. The van der Waals surface area contributed by atoms with E-state index in [0.717, 1.165) is 12.3 Å². The monoisotopic (exact) mass is 375 g/mol. The van der Waals surface area contributed by atoms with Crippen molar-refractivity contribution >= 4 is 25.8 Å². The van der Waals surface area contributed by atoms with Crippen molar-refractivity contribution in [2.75, 3.05) is 12.8 Å². The van der Waals surface area contributed by atoms with Crippen LogP contribution in [0, 0.1) is 12.8 Å². The van der Waals surface area contributed by atoms with Crippen LogP contribution in [-0.2, 0) is 24.7 Å². The Morgan fingerprint density at radius 1 is 1.29 bits per heavy atom. The number of sulfone groups is 1. The first-order valence-corrected chi connectivity index (χ1v) is 10.9. The Bertz CT molecular complexity index is 860. The van der Waals surface area contributed by atoms with Gasteiger partial charge in [-0.3, -0.25) is 4.79 Å². The zero-order valence-electron chi connectivity index (χ0n) is 13.8. The van der Waals surface area contributed by atoms with Crippen molar-refractivity contribution in [1.29, 1.82) is 0 Å². The lowest BCUT2D eigenvalue weighted by molar-refractivity contribution is -0.142. The van der Waals surface area contributed by atoms with E-state index in [4.69, 9.17) is 0 Å². The van der Waals surface area contributed by atoms with Crippen LogP contribution < -0.4 is 0 Å². The maximum Gasteiger partial charge on any atom is 0.308 e. The van der Waals surface area contributed by atoms with Crippen molar-refractivity contribution in [3.63, 3.8) is 0 Å². The van der Waals surface area contributed by atoms with Crippen LogP contribution in [0.5, 0.6) is 0 Å². The van der Waals surface area contributed by atoms with Gasteiger partial charge in [0, 0.05) is 18.8 Å². The van der Waals surface area contributed by atoms with Gasteiger partial charge in [0.15, 0.2) is 9.84 Å². The van der Waals surface area contributed by atoms with Crippen LogP contribution in [-0.4, -0.2) is 51.1 Å². The van der Waals surface area contributed by atoms with E-state index in [0.29, 0.717) is 12.0 Å². The minimum absolute atomic E-state index is 0.0753. The normalized spacial score (nSPS) is 22.6. The van der Waals surface area contributed by atoms with E-state index < -0.39 is 37.8 Å². The molecule has 7 nitrogen and oxygen atoms in total. The smallest absolute Gasteiger partial charge is 0.308 e. The highest BCUT2D eigenvalue weighted by Gasteiger charge is 2.44. The average Bonchev–Trinajstić information content (AvgIpc) is 2.90. The van der Waals surface area contributed by atoms with Crippen LogP contribution in [0.15, 0.2) is 28.0 Å². The Hall–Kier alpha value is -1.45. The lowest BCUT2D eigenvalue weighted by atomic mass is 9.99. The van der Waals surface area contributed by atoms with Gasteiger partial charge < -0.3 is 5.11 Å². The summed E-state index contributed by atoms with van der Waals surface area (Å²) in [5.41, 5.74) is 0.427. The Morgan fingerprint density at radius 3 is 2.42 bits per heavy atom. The summed E-state index contributed by atoms with van der Waals surface area (Å²) in [5.74, 6) is -1.76. The highest BCUT2D eigenvalue weighted by molar-refractivity contribution is 7.91. The summed E-state index contributed by atoms with van der Waals surface area (Å²) < 4.78 is 50.7. The quantitative estimate of drug-likeness (QED) is 0.830. The Balaban J connectivity index is 2.54. The Kier molecular flexibility index (Phi) is 5.08. The standard InChI is InChI=1S/C15H21NO6S2/c1-4-13-12(15(17)18)7-8-16(13)24(21,22)14-9-11(23(3,19)20)6-5-10(14)2/h5-6,9,12-13H,4,7-8H2,1-3H3,(H,17,18). The molecule has 0 spiro atoms. The van der Waals surface area contributed by atoms with Gasteiger partial charge in [0.2, 0.25) is 10.0 Å². The second-order valence-electron chi connectivity index (χ2n) is 6.02. The first-order chi connectivity index (χ1) is 11.0. The van der Waals surface area contributed by atoms with Gasteiger partial charge in [0.1, 0.15) is 0 Å². The van der Waals surface area contributed by atoms with Gasteiger partial charge in [0.05, 0.1) is 15.7 Å². The fourth-order valence-electron chi connectivity index (χ4n) is 3.12. The van der Waals surface area contributed by atoms with Gasteiger partial charge in [-0.05, 0) is 37.5 Å². The van der Waals surface area contributed by atoms with Gasteiger partial charge in [-0.15, -0.1) is 0 Å². The molecular formula is C15H21NO6S2. The number of hydrogen-bond donors (Lipinski definition) is 1. The molecule has 2 atom stereocenters. The van der Waals surface area contributed by atoms with E-state index in [-0.39, 0.29) is 22.8 Å².